The summed E-state index contributed by atoms with van der Waals surface area (Å²) in [5.41, 5.74) is 1.50. The van der Waals surface area contributed by atoms with Crippen molar-refractivity contribution >= 4 is 86.9 Å². The second-order valence-electron chi connectivity index (χ2n) is 14.1. The van der Waals surface area contributed by atoms with Gasteiger partial charge in [0.25, 0.3) is 0 Å². The summed E-state index contributed by atoms with van der Waals surface area (Å²) in [6.45, 7) is -2.27. The number of hydrogen-bond acceptors (Lipinski definition) is 4. The van der Waals surface area contributed by atoms with Gasteiger partial charge < -0.3 is 17.0 Å². The van der Waals surface area contributed by atoms with Crippen molar-refractivity contribution in [2.24, 2.45) is 0 Å². The summed E-state index contributed by atoms with van der Waals surface area (Å²) >= 11 is 3.37. The fourth-order valence-corrected chi connectivity index (χ4v) is 16.2. The van der Waals surface area contributed by atoms with Crippen LogP contribution < -0.4 is 48.8 Å². The average molecular weight is 934 g/mol. The fourth-order valence-electron chi connectivity index (χ4n) is 7.52. The Kier molecular flexibility index (Phi) is 16.6. The van der Waals surface area contributed by atoms with E-state index in [1.165, 1.54) is 36.7 Å². The monoisotopic (exact) mass is 932 g/mol. The largest absolute Gasteiger partial charge is 1.00 e. The average Bonchev–Trinajstić information content (AvgIpc) is 3.34. The molecular formula is C54H47BrO2P2S2. The van der Waals surface area contributed by atoms with Crippen molar-refractivity contribution in [1.82, 2.24) is 0 Å². The van der Waals surface area contributed by atoms with Crippen molar-refractivity contribution in [3.63, 3.8) is 0 Å². The first kappa shape index (κ1) is 45.5. The van der Waals surface area contributed by atoms with Crippen LogP contribution in [0.1, 0.15) is 20.7 Å². The Hall–Kier alpha value is -4.99. The smallest absolute Gasteiger partial charge is 0.201 e. The van der Waals surface area contributed by atoms with Crippen LogP contribution in [0.3, 0.4) is 0 Å². The second-order valence-corrected chi connectivity index (χ2v) is 22.6. The van der Waals surface area contributed by atoms with E-state index in [4.69, 9.17) is 0 Å². The van der Waals surface area contributed by atoms with E-state index in [9.17, 15) is 9.59 Å². The van der Waals surface area contributed by atoms with Crippen LogP contribution in [-0.2, 0) is 0 Å². The molecule has 0 aliphatic carbocycles. The number of ketones is 2. The minimum atomic E-state index is -2.27. The van der Waals surface area contributed by atoms with Gasteiger partial charge in [-0.3, -0.25) is 9.59 Å². The van der Waals surface area contributed by atoms with Crippen molar-refractivity contribution in [3.8, 4) is 0 Å². The summed E-state index contributed by atoms with van der Waals surface area (Å²) in [6.07, 6.45) is 4.57. The van der Waals surface area contributed by atoms with Crippen LogP contribution in [0.2, 0.25) is 0 Å². The molecule has 8 aromatic carbocycles. The maximum absolute atomic E-state index is 13.6. The molecule has 0 aliphatic heterocycles. The van der Waals surface area contributed by atoms with Crippen LogP contribution >= 0.6 is 37.7 Å². The SMILES string of the molecule is CSc1ccc(C(=O)C=P(c2ccccc2)(c2ccccc2)c2ccccc2)cc1.CSc1ccc(C(=O)C[P+](c2ccccc2)(c2ccccc2)c2ccccc2)cc1.[Br-]. The molecule has 0 unspecified atom stereocenters. The highest BCUT2D eigenvalue weighted by Crippen LogP contribution is 2.55. The molecule has 0 aliphatic rings. The first-order valence-corrected chi connectivity index (χ1v) is 26.1. The van der Waals surface area contributed by atoms with Gasteiger partial charge in [0.1, 0.15) is 29.3 Å². The van der Waals surface area contributed by atoms with E-state index >= 15 is 0 Å². The molecule has 0 saturated carbocycles. The Bertz CT molecular complexity index is 2450. The van der Waals surface area contributed by atoms with E-state index in [0.717, 1.165) is 16.0 Å². The number of benzene rings is 8. The summed E-state index contributed by atoms with van der Waals surface area (Å²) in [7, 11) is -2.15. The number of thioether (sulfide) groups is 2. The minimum absolute atomic E-state index is 0. The van der Waals surface area contributed by atoms with Crippen LogP contribution in [-0.4, -0.2) is 36.0 Å². The van der Waals surface area contributed by atoms with Gasteiger partial charge in [0.05, 0.1) is 0 Å². The number of hydrogen-bond donors (Lipinski definition) is 0. The zero-order chi connectivity index (χ0) is 41.6. The lowest BCUT2D eigenvalue weighted by atomic mass is 10.1. The minimum Gasteiger partial charge on any atom is -1.00 e. The second kappa shape index (κ2) is 22.2. The Balaban J connectivity index is 0.000000201. The third-order valence-corrected chi connectivity index (χ3v) is 20.3. The third-order valence-electron chi connectivity index (χ3n) is 10.6. The van der Waals surface area contributed by atoms with E-state index in [1.54, 1.807) is 23.5 Å². The van der Waals surface area contributed by atoms with Gasteiger partial charge >= 0.3 is 0 Å². The quantitative estimate of drug-likeness (QED) is 0.0668. The van der Waals surface area contributed by atoms with Crippen LogP contribution in [0.15, 0.2) is 240 Å². The molecule has 0 spiro atoms. The zero-order valence-corrected chi connectivity index (χ0v) is 39.1. The molecule has 304 valence electrons. The molecule has 8 rings (SSSR count). The molecule has 2 nitrogen and oxygen atoms in total. The van der Waals surface area contributed by atoms with E-state index in [2.05, 4.69) is 146 Å². The number of halogens is 1. The number of carbonyl (C=O) groups excluding carboxylic acids is 2. The summed E-state index contributed by atoms with van der Waals surface area (Å²) < 4.78 is 0. The third kappa shape index (κ3) is 10.6. The van der Waals surface area contributed by atoms with E-state index in [0.29, 0.717) is 6.16 Å². The Morgan fingerprint density at radius 2 is 0.721 bits per heavy atom. The van der Waals surface area contributed by atoms with Crippen LogP contribution in [0.4, 0.5) is 0 Å². The molecule has 0 N–H and O–H groups in total. The van der Waals surface area contributed by atoms with Crippen molar-refractivity contribution < 1.29 is 26.6 Å². The Labute approximate surface area is 381 Å². The van der Waals surface area contributed by atoms with Crippen molar-refractivity contribution in [2.45, 2.75) is 9.79 Å². The summed E-state index contributed by atoms with van der Waals surface area (Å²) in [4.78, 5) is 29.5. The van der Waals surface area contributed by atoms with Crippen LogP contribution in [0.25, 0.3) is 0 Å². The molecular weight excluding hydrogens is 887 g/mol. The maximum atomic E-state index is 13.6. The number of carbonyl (C=O) groups is 2. The van der Waals surface area contributed by atoms with Gasteiger partial charge in [-0.25, -0.2) is 0 Å². The molecule has 61 heavy (non-hydrogen) atoms. The molecule has 0 bridgehead atoms. The van der Waals surface area contributed by atoms with Crippen molar-refractivity contribution in [2.75, 3.05) is 18.7 Å². The zero-order valence-electron chi connectivity index (χ0n) is 34.1. The molecule has 0 amide bonds. The highest BCUT2D eigenvalue weighted by atomic mass is 79.9. The lowest BCUT2D eigenvalue weighted by Crippen LogP contribution is -3.00. The van der Waals surface area contributed by atoms with Crippen LogP contribution in [0, 0.1) is 0 Å². The Morgan fingerprint density at radius 3 is 1.03 bits per heavy atom. The lowest BCUT2D eigenvalue weighted by Gasteiger charge is -2.28. The molecule has 0 saturated heterocycles. The van der Waals surface area contributed by atoms with Gasteiger partial charge in [-0.2, -0.15) is 0 Å². The molecule has 0 fully saturated rings. The highest BCUT2D eigenvalue weighted by molar-refractivity contribution is 7.99. The van der Waals surface area contributed by atoms with Gasteiger partial charge in [0.2, 0.25) is 5.78 Å². The molecule has 0 heterocycles. The molecule has 8 aromatic rings. The topological polar surface area (TPSA) is 34.1 Å². The first-order chi connectivity index (χ1) is 29.5. The Morgan fingerprint density at radius 1 is 0.426 bits per heavy atom. The van der Waals surface area contributed by atoms with E-state index in [-0.39, 0.29) is 28.5 Å². The van der Waals surface area contributed by atoms with Gasteiger partial charge in [-0.1, -0.05) is 158 Å². The summed E-state index contributed by atoms with van der Waals surface area (Å²) in [6, 6.07) is 78.8. The van der Waals surface area contributed by atoms with Gasteiger partial charge in [0, 0.05) is 20.9 Å². The maximum Gasteiger partial charge on any atom is 0.201 e. The molecule has 0 atom stereocenters. The molecule has 0 radical (unpaired) electrons. The van der Waals surface area contributed by atoms with Gasteiger partial charge in [-0.05, 0) is 114 Å². The fraction of sp³-hybridized carbons (Fsp3) is 0.0556. The number of Topliss-reactive ketones (excluding diaryl/α,β-unsaturated/α-hetero) is 2. The van der Waals surface area contributed by atoms with Crippen molar-refractivity contribution in [1.29, 1.82) is 0 Å². The number of rotatable bonds is 13. The standard InChI is InChI=1S/C27H24OPS.C27H23OPS.BrH/c2*1-30-26-19-17-22(18-20-26)27(28)21-29(23-11-5-2-6-12-23,24-13-7-3-8-14-24)25-15-9-4-10-16-25;/h2-20H,21H2,1H3;2-21H,1H3;1H/q+1;;/p-1. The van der Waals surface area contributed by atoms with Crippen LogP contribution in [0.5, 0.6) is 0 Å². The normalized spacial score (nSPS) is 11.0. The van der Waals surface area contributed by atoms with E-state index in [1.807, 2.05) is 103 Å². The highest BCUT2D eigenvalue weighted by Gasteiger charge is 2.47. The van der Waals surface area contributed by atoms with Crippen molar-refractivity contribution in [3.05, 3.63) is 242 Å². The lowest BCUT2D eigenvalue weighted by molar-refractivity contribution is -0.0000260. The predicted octanol–water partition coefficient (Wildman–Crippen LogP) is 7.98. The van der Waals surface area contributed by atoms with Gasteiger partial charge in [-0.15, -0.1) is 23.5 Å². The predicted molar refractivity (Wildman–Crippen MR) is 266 cm³/mol. The first-order valence-electron chi connectivity index (χ1n) is 19.8. The van der Waals surface area contributed by atoms with Gasteiger partial charge in [0.15, 0.2) is 5.78 Å². The summed E-state index contributed by atoms with van der Waals surface area (Å²) in [5.74, 6) is 2.24. The van der Waals surface area contributed by atoms with E-state index < -0.39 is 14.1 Å². The molecule has 0 aromatic heterocycles. The molecule has 7 heteroatoms. The summed E-state index contributed by atoms with van der Waals surface area (Å²) in [5, 5.41) is 7.23.